The predicted octanol–water partition coefficient (Wildman–Crippen LogP) is 5.59. The van der Waals surface area contributed by atoms with E-state index in [0.29, 0.717) is 55.0 Å². The quantitative estimate of drug-likeness (QED) is 0.322. The van der Waals surface area contributed by atoms with Crippen molar-refractivity contribution in [2.45, 2.75) is 20.0 Å². The molecule has 1 aliphatic rings. The highest BCUT2D eigenvalue weighted by Crippen LogP contribution is 2.32. The molecule has 4 aromatic rings. The van der Waals surface area contributed by atoms with Crippen molar-refractivity contribution < 1.29 is 17.9 Å². The molecule has 0 N–H and O–H groups in total. The molecule has 2 aromatic carbocycles. The number of anilines is 1. The third kappa shape index (κ3) is 4.80. The van der Waals surface area contributed by atoms with Gasteiger partial charge in [0.1, 0.15) is 6.07 Å². The summed E-state index contributed by atoms with van der Waals surface area (Å²) in [6, 6.07) is 18.9. The molecule has 7 nitrogen and oxygen atoms in total. The highest BCUT2D eigenvalue weighted by Gasteiger charge is 2.31. The van der Waals surface area contributed by atoms with Crippen molar-refractivity contribution in [1.29, 1.82) is 5.26 Å². The first-order chi connectivity index (χ1) is 18.3. The molecule has 0 radical (unpaired) electrons. The Kier molecular flexibility index (Phi) is 6.78. The van der Waals surface area contributed by atoms with E-state index >= 15 is 0 Å². The van der Waals surface area contributed by atoms with Crippen LogP contribution < -0.4 is 4.90 Å². The maximum atomic E-state index is 13.3. The number of hydrogen-bond acceptors (Lipinski definition) is 5. The minimum Gasteiger partial charge on any atom is -0.378 e. The topological polar surface area (TPSA) is 71.9 Å². The minimum absolute atomic E-state index is 0.283. The fourth-order valence-electron chi connectivity index (χ4n) is 4.69. The number of ether oxygens (including phenoxy) is 1. The molecule has 0 spiro atoms. The molecular weight excluding hydrogens is 493 g/mol. The molecular formula is C28H25F3N6O. The monoisotopic (exact) mass is 518 g/mol. The van der Waals surface area contributed by atoms with Crippen molar-refractivity contribution in [3.05, 3.63) is 89.0 Å². The van der Waals surface area contributed by atoms with Crippen molar-refractivity contribution in [3.8, 4) is 17.4 Å². The molecule has 0 atom stereocenters. The molecule has 10 heteroatoms. The smallest absolute Gasteiger partial charge is 0.378 e. The van der Waals surface area contributed by atoms with Crippen molar-refractivity contribution in [2.24, 2.45) is 0 Å². The van der Waals surface area contributed by atoms with E-state index in [0.717, 1.165) is 23.5 Å². The van der Waals surface area contributed by atoms with E-state index < -0.39 is 11.7 Å². The summed E-state index contributed by atoms with van der Waals surface area (Å²) in [6.45, 7) is 6.07. The largest absolute Gasteiger partial charge is 0.416 e. The van der Waals surface area contributed by atoms with Gasteiger partial charge in [0, 0.05) is 30.2 Å². The number of allylic oxidation sites excluding steroid dienone is 1. The molecule has 0 saturated carbocycles. The number of halogens is 3. The second-order valence-electron chi connectivity index (χ2n) is 8.97. The Morgan fingerprint density at radius 1 is 0.947 bits per heavy atom. The van der Waals surface area contributed by atoms with Crippen LogP contribution in [-0.4, -0.2) is 45.6 Å². The van der Waals surface area contributed by atoms with E-state index in [9.17, 15) is 18.4 Å². The predicted molar refractivity (Wildman–Crippen MR) is 138 cm³/mol. The minimum atomic E-state index is -4.44. The summed E-state index contributed by atoms with van der Waals surface area (Å²) in [7, 11) is 0. The number of aromatic nitrogens is 4. The molecule has 1 aliphatic heterocycles. The summed E-state index contributed by atoms with van der Waals surface area (Å²) in [5, 5.41) is 19.0. The zero-order valence-electron chi connectivity index (χ0n) is 20.9. The van der Waals surface area contributed by atoms with Crippen LogP contribution >= 0.6 is 0 Å². The molecule has 0 unspecified atom stereocenters. The summed E-state index contributed by atoms with van der Waals surface area (Å²) in [4.78, 5) is 2.07. The van der Waals surface area contributed by atoms with E-state index in [4.69, 9.17) is 4.74 Å². The van der Waals surface area contributed by atoms with Gasteiger partial charge >= 0.3 is 6.18 Å². The SMILES string of the molecule is Cc1cc(C=C(C#N)c2nnc(N3CCOCC3)n2-c2ccccc2)c(C)n1-c1cccc(C(F)(F)F)c1. The van der Waals surface area contributed by atoms with Crippen LogP contribution in [0.15, 0.2) is 60.7 Å². The molecule has 2 aromatic heterocycles. The second kappa shape index (κ2) is 10.2. The van der Waals surface area contributed by atoms with Gasteiger partial charge in [-0.3, -0.25) is 4.57 Å². The van der Waals surface area contributed by atoms with Gasteiger partial charge < -0.3 is 14.2 Å². The summed E-state index contributed by atoms with van der Waals surface area (Å²) < 4.78 is 49.1. The lowest BCUT2D eigenvalue weighted by Gasteiger charge is -2.28. The van der Waals surface area contributed by atoms with Gasteiger partial charge in [0.05, 0.1) is 30.0 Å². The standard InChI is InChI=1S/C28H25F3N6O/c1-19-15-21(20(2)36(19)25-10-6-7-23(17-25)28(29,30)31)16-22(18-32)26-33-34-27(35-11-13-38-14-12-35)37(26)24-8-4-3-5-9-24/h3-10,15-17H,11-14H2,1-2H3. The van der Waals surface area contributed by atoms with Crippen LogP contribution in [0.1, 0.15) is 28.3 Å². The van der Waals surface area contributed by atoms with Gasteiger partial charge in [0.2, 0.25) is 5.95 Å². The Balaban J connectivity index is 1.60. The Morgan fingerprint density at radius 2 is 1.66 bits per heavy atom. The summed E-state index contributed by atoms with van der Waals surface area (Å²) in [6.07, 6.45) is -2.74. The number of aryl methyl sites for hydroxylation is 1. The molecule has 38 heavy (non-hydrogen) atoms. The van der Waals surface area contributed by atoms with E-state index in [-0.39, 0.29) is 5.57 Å². The third-order valence-electron chi connectivity index (χ3n) is 6.52. The molecule has 194 valence electrons. The number of nitrogens with zero attached hydrogens (tertiary/aromatic N) is 6. The Bertz CT molecular complexity index is 1520. The van der Waals surface area contributed by atoms with Gasteiger partial charge in [-0.1, -0.05) is 24.3 Å². The highest BCUT2D eigenvalue weighted by molar-refractivity contribution is 5.89. The first kappa shape index (κ1) is 25.3. The van der Waals surface area contributed by atoms with Crippen LogP contribution in [-0.2, 0) is 10.9 Å². The fraction of sp³-hybridized carbons (Fsp3) is 0.250. The third-order valence-corrected chi connectivity index (χ3v) is 6.52. The van der Waals surface area contributed by atoms with Crippen molar-refractivity contribution in [3.63, 3.8) is 0 Å². The maximum absolute atomic E-state index is 13.3. The second-order valence-corrected chi connectivity index (χ2v) is 8.97. The van der Waals surface area contributed by atoms with E-state index in [1.807, 2.05) is 54.8 Å². The van der Waals surface area contributed by atoms with E-state index in [1.54, 1.807) is 16.7 Å². The summed E-state index contributed by atoms with van der Waals surface area (Å²) >= 11 is 0. The first-order valence-electron chi connectivity index (χ1n) is 12.1. The van der Waals surface area contributed by atoms with Crippen molar-refractivity contribution in [1.82, 2.24) is 19.3 Å². The van der Waals surface area contributed by atoms with Gasteiger partial charge in [-0.25, -0.2) is 0 Å². The highest BCUT2D eigenvalue weighted by atomic mass is 19.4. The average Bonchev–Trinajstić information content (AvgIpc) is 3.48. The van der Waals surface area contributed by atoms with Gasteiger partial charge in [-0.05, 0) is 61.9 Å². The van der Waals surface area contributed by atoms with Gasteiger partial charge in [-0.2, -0.15) is 18.4 Å². The fourth-order valence-corrected chi connectivity index (χ4v) is 4.69. The zero-order chi connectivity index (χ0) is 26.9. The van der Waals surface area contributed by atoms with Gasteiger partial charge in [0.25, 0.3) is 0 Å². The Hall–Kier alpha value is -4.36. The summed E-state index contributed by atoms with van der Waals surface area (Å²) in [5.74, 6) is 0.995. The van der Waals surface area contributed by atoms with Gasteiger partial charge in [-0.15, -0.1) is 10.2 Å². The zero-order valence-corrected chi connectivity index (χ0v) is 20.9. The Labute approximate surface area is 218 Å². The molecule has 1 saturated heterocycles. The van der Waals surface area contributed by atoms with Crippen LogP contribution in [0.4, 0.5) is 19.1 Å². The molecule has 1 fully saturated rings. The van der Waals surface area contributed by atoms with Crippen LogP contribution in [0.5, 0.6) is 0 Å². The number of alkyl halides is 3. The van der Waals surface area contributed by atoms with Crippen molar-refractivity contribution in [2.75, 3.05) is 31.2 Å². The lowest BCUT2D eigenvalue weighted by atomic mass is 10.1. The number of para-hydroxylation sites is 1. The Morgan fingerprint density at radius 3 is 2.34 bits per heavy atom. The number of rotatable bonds is 5. The number of morpholine rings is 1. The van der Waals surface area contributed by atoms with E-state index in [1.165, 1.54) is 6.07 Å². The van der Waals surface area contributed by atoms with Crippen LogP contribution in [0.25, 0.3) is 23.0 Å². The van der Waals surface area contributed by atoms with Crippen LogP contribution in [0.3, 0.4) is 0 Å². The number of hydrogen-bond donors (Lipinski definition) is 0. The maximum Gasteiger partial charge on any atom is 0.416 e. The molecule has 3 heterocycles. The number of nitriles is 1. The molecule has 0 amide bonds. The molecule has 5 rings (SSSR count). The van der Waals surface area contributed by atoms with Crippen molar-refractivity contribution >= 4 is 17.6 Å². The van der Waals surface area contributed by atoms with E-state index in [2.05, 4.69) is 21.2 Å². The number of benzene rings is 2. The molecule has 0 bridgehead atoms. The van der Waals surface area contributed by atoms with Crippen LogP contribution in [0, 0.1) is 25.2 Å². The average molecular weight is 519 g/mol. The lowest BCUT2D eigenvalue weighted by molar-refractivity contribution is -0.137. The van der Waals surface area contributed by atoms with Gasteiger partial charge in [0.15, 0.2) is 5.82 Å². The first-order valence-corrected chi connectivity index (χ1v) is 12.1. The normalized spacial score (nSPS) is 14.5. The van der Waals surface area contributed by atoms with Crippen LogP contribution in [0.2, 0.25) is 0 Å². The molecule has 0 aliphatic carbocycles. The lowest BCUT2D eigenvalue weighted by Crippen LogP contribution is -2.38. The summed E-state index contributed by atoms with van der Waals surface area (Å²) in [5.41, 5.74) is 2.92.